The molecule has 17 heteroatoms. The van der Waals surface area contributed by atoms with Gasteiger partial charge in [0.15, 0.2) is 28.6 Å². The minimum Gasteiger partial charge on any atom is -0.508 e. The van der Waals surface area contributed by atoms with Gasteiger partial charge in [-0.05, 0) is 121 Å². The van der Waals surface area contributed by atoms with Crippen LogP contribution < -0.4 is 5.73 Å². The molecule has 0 bridgehead atoms. The van der Waals surface area contributed by atoms with E-state index in [2.05, 4.69) is 23.7 Å². The number of ketones is 5. The smallest absolute Gasteiger partial charge is 0.255 e. The Kier molecular flexibility index (Phi) is 11.8. The first-order valence-corrected chi connectivity index (χ1v) is 22.2. The monoisotopic (exact) mass is 929 g/mol. The van der Waals surface area contributed by atoms with Gasteiger partial charge in [0.1, 0.15) is 45.7 Å². The van der Waals surface area contributed by atoms with E-state index in [1.54, 1.807) is 26.2 Å². The summed E-state index contributed by atoms with van der Waals surface area (Å²) in [6.07, 6.45) is 2.23. The third-order valence-corrected chi connectivity index (χ3v) is 14.6. The Morgan fingerprint density at radius 3 is 1.40 bits per heavy atom. The number of rotatable bonds is 7. The lowest BCUT2D eigenvalue weighted by atomic mass is 9.57. The SMILES string of the molecule is CC(=O)C1=C(O)C2(O)C(=O)C3=C(O)c4c(O)ccc(C#CCCCCC#Cc5ccc(O)c6c5CC5CC7C(N(C)C)C(=O)C(C(N)=O)=C(O)C7(O)C(=O)C5=C6O)c4CC3CC2C(N(C)C)C1=O. The fourth-order valence-corrected chi connectivity index (χ4v) is 11.6. The maximum absolute atomic E-state index is 14.2. The standard InChI is InChI=1S/C51H51N3O14/c1-22(55)33-43(60)39(53(2)3)29-20-25-18-27-23(14-16-31(56)36(27)41(58)34(25)46(63)50(29,67)45(33)62)12-10-8-6-7-9-11-13-24-15-17-32(57)37-28(24)19-26-21-30-40(54(4)5)44(61)38(49(52)66)48(65)51(30,68)47(64)35(26)42(37)59/h14-17,25-26,29-30,39-40,56-59,62,65,67-68H,6-9,18-21H2,1-5H3,(H2,52,66). The highest BCUT2D eigenvalue weighted by Crippen LogP contribution is 2.55. The van der Waals surface area contributed by atoms with Crippen LogP contribution in [-0.2, 0) is 41.6 Å². The average molecular weight is 930 g/mol. The molecule has 1 amide bonds. The third kappa shape index (κ3) is 6.86. The Morgan fingerprint density at radius 1 is 0.647 bits per heavy atom. The van der Waals surface area contributed by atoms with Crippen LogP contribution in [0, 0.1) is 47.4 Å². The lowest BCUT2D eigenvalue weighted by molar-refractivity contribution is -0.155. The van der Waals surface area contributed by atoms with Crippen molar-refractivity contribution in [3.63, 3.8) is 0 Å². The predicted octanol–water partition coefficient (Wildman–Crippen LogP) is 2.31. The van der Waals surface area contributed by atoms with Crippen molar-refractivity contribution >= 4 is 46.3 Å². The molecule has 0 spiro atoms. The molecule has 8 unspecified atom stereocenters. The number of carbonyl (C=O) groups is 6. The van der Waals surface area contributed by atoms with Crippen molar-refractivity contribution in [2.24, 2.45) is 29.4 Å². The third-order valence-electron chi connectivity index (χ3n) is 14.6. The number of phenols is 2. The van der Waals surface area contributed by atoms with Crippen LogP contribution in [0.1, 0.15) is 78.8 Å². The molecular weight excluding hydrogens is 879 g/mol. The molecule has 10 N–H and O–H groups in total. The number of phenolic OH excluding ortho intramolecular Hbond substituents is 2. The van der Waals surface area contributed by atoms with Crippen molar-refractivity contribution < 1.29 is 69.6 Å². The second-order valence-electron chi connectivity index (χ2n) is 18.9. The van der Waals surface area contributed by atoms with Crippen molar-refractivity contribution in [2.75, 3.05) is 28.2 Å². The minimum atomic E-state index is -2.75. The van der Waals surface area contributed by atoms with Gasteiger partial charge in [0.25, 0.3) is 5.91 Å². The predicted molar refractivity (Wildman–Crippen MR) is 242 cm³/mol. The van der Waals surface area contributed by atoms with E-state index in [-0.39, 0.29) is 59.5 Å². The first kappa shape index (κ1) is 47.5. The molecule has 2 aromatic rings. The summed E-state index contributed by atoms with van der Waals surface area (Å²) in [6.45, 7) is 1.05. The Bertz CT molecular complexity index is 2750. The molecule has 6 aliphatic rings. The maximum atomic E-state index is 14.2. The lowest BCUT2D eigenvalue weighted by Gasteiger charge is -2.50. The lowest BCUT2D eigenvalue weighted by Crippen LogP contribution is -2.65. The molecule has 0 saturated heterocycles. The van der Waals surface area contributed by atoms with E-state index in [0.29, 0.717) is 47.9 Å². The molecule has 0 aromatic heterocycles. The average Bonchev–Trinajstić information content (AvgIpc) is 3.25. The van der Waals surface area contributed by atoms with E-state index < -0.39 is 116 Å². The van der Waals surface area contributed by atoms with Gasteiger partial charge in [0, 0.05) is 47.0 Å². The molecule has 0 aliphatic heterocycles. The molecule has 17 nitrogen and oxygen atoms in total. The molecule has 354 valence electrons. The number of Topliss-reactive ketones (excluding diaryl/α,β-unsaturated/α-hetero) is 5. The van der Waals surface area contributed by atoms with Crippen molar-refractivity contribution in [3.8, 4) is 35.2 Å². The zero-order chi connectivity index (χ0) is 49.6. The Labute approximate surface area is 390 Å². The molecule has 0 heterocycles. The Morgan fingerprint density at radius 2 is 1.03 bits per heavy atom. The van der Waals surface area contributed by atoms with Gasteiger partial charge in [-0.1, -0.05) is 23.7 Å². The summed E-state index contributed by atoms with van der Waals surface area (Å²) in [4.78, 5) is 82.9. The number of aliphatic hydroxyl groups excluding tert-OH is 4. The van der Waals surface area contributed by atoms with Gasteiger partial charge in [0.05, 0.1) is 23.2 Å². The zero-order valence-electron chi connectivity index (χ0n) is 37.9. The van der Waals surface area contributed by atoms with E-state index in [1.807, 2.05) is 0 Å². The summed E-state index contributed by atoms with van der Waals surface area (Å²) >= 11 is 0. The number of amides is 1. The molecule has 6 aliphatic carbocycles. The Hall–Kier alpha value is -7.02. The summed E-state index contributed by atoms with van der Waals surface area (Å²) in [7, 11) is 6.19. The fraction of sp³-hybridized carbons (Fsp3) is 0.412. The van der Waals surface area contributed by atoms with Crippen molar-refractivity contribution in [1.82, 2.24) is 9.80 Å². The Balaban J connectivity index is 0.989. The van der Waals surface area contributed by atoms with Crippen LogP contribution in [0.25, 0.3) is 11.5 Å². The van der Waals surface area contributed by atoms with Crippen LogP contribution in [0.4, 0.5) is 0 Å². The van der Waals surface area contributed by atoms with Crippen molar-refractivity contribution in [1.29, 1.82) is 0 Å². The van der Waals surface area contributed by atoms with Gasteiger partial charge in [0.2, 0.25) is 11.6 Å². The van der Waals surface area contributed by atoms with Crippen LogP contribution in [0.15, 0.2) is 58.1 Å². The van der Waals surface area contributed by atoms with Crippen molar-refractivity contribution in [3.05, 3.63) is 91.5 Å². The van der Waals surface area contributed by atoms with Gasteiger partial charge >= 0.3 is 0 Å². The highest BCUT2D eigenvalue weighted by molar-refractivity contribution is 6.26. The van der Waals surface area contributed by atoms with E-state index in [4.69, 9.17) is 5.73 Å². The molecule has 0 radical (unpaired) electrons. The highest BCUT2D eigenvalue weighted by Gasteiger charge is 2.65. The summed E-state index contributed by atoms with van der Waals surface area (Å²) < 4.78 is 0. The fourth-order valence-electron chi connectivity index (χ4n) is 11.6. The number of nitrogens with two attached hydrogens (primary N) is 1. The first-order chi connectivity index (χ1) is 32.0. The number of nitrogens with zero attached hydrogens (tertiary/aromatic N) is 2. The quantitative estimate of drug-likeness (QED) is 0.109. The van der Waals surface area contributed by atoms with Gasteiger partial charge in [-0.25, -0.2) is 0 Å². The number of aromatic hydroxyl groups is 2. The molecule has 8 rings (SSSR count). The summed E-state index contributed by atoms with van der Waals surface area (Å²) in [5.74, 6) is -1.31. The number of unbranched alkanes of at least 4 members (excludes halogenated alkanes) is 3. The van der Waals surface area contributed by atoms with Gasteiger partial charge < -0.3 is 46.6 Å². The van der Waals surface area contributed by atoms with Crippen LogP contribution >= 0.6 is 0 Å². The van der Waals surface area contributed by atoms with E-state index >= 15 is 0 Å². The molecule has 68 heavy (non-hydrogen) atoms. The molecule has 2 fully saturated rings. The number of hydrogen-bond acceptors (Lipinski definition) is 16. The molecular formula is C51H51N3O14. The molecule has 2 saturated carbocycles. The number of benzene rings is 2. The first-order valence-electron chi connectivity index (χ1n) is 22.2. The number of fused-ring (bicyclic) bond motifs is 6. The maximum Gasteiger partial charge on any atom is 0.255 e. The number of likely N-dealkylation sites (N-methyl/N-ethyl adjacent to an activating group) is 2. The molecule has 8 atom stereocenters. The van der Waals surface area contributed by atoms with E-state index in [0.717, 1.165) is 6.92 Å². The van der Waals surface area contributed by atoms with Gasteiger partial charge in [-0.15, -0.1) is 0 Å². The van der Waals surface area contributed by atoms with E-state index in [9.17, 15) is 69.6 Å². The second kappa shape index (κ2) is 16.9. The minimum absolute atomic E-state index is 0.0195. The number of aliphatic hydroxyl groups is 6. The molecule has 2 aromatic carbocycles. The normalized spacial score (nSPS) is 28.5. The number of primary amides is 1. The highest BCUT2D eigenvalue weighted by atomic mass is 16.4. The van der Waals surface area contributed by atoms with Gasteiger partial charge in [-0.3, -0.25) is 38.6 Å². The largest absolute Gasteiger partial charge is 0.508 e. The number of carbonyl (C=O) groups excluding carboxylic acids is 6. The van der Waals surface area contributed by atoms with Crippen LogP contribution in [0.3, 0.4) is 0 Å². The van der Waals surface area contributed by atoms with Crippen LogP contribution in [0.2, 0.25) is 0 Å². The summed E-state index contributed by atoms with van der Waals surface area (Å²) in [5, 5.41) is 90.9. The van der Waals surface area contributed by atoms with E-state index in [1.165, 1.54) is 36.0 Å². The zero-order valence-corrected chi connectivity index (χ0v) is 37.9. The topological polar surface area (TPSA) is 297 Å². The van der Waals surface area contributed by atoms with Crippen LogP contribution in [-0.4, -0.2) is 137 Å². The van der Waals surface area contributed by atoms with Gasteiger partial charge in [-0.2, -0.15) is 0 Å². The van der Waals surface area contributed by atoms with Crippen molar-refractivity contribution in [2.45, 2.75) is 81.6 Å². The van der Waals surface area contributed by atoms with Crippen LogP contribution in [0.5, 0.6) is 11.5 Å². The summed E-state index contributed by atoms with van der Waals surface area (Å²) in [6, 6.07) is 3.50. The summed E-state index contributed by atoms with van der Waals surface area (Å²) in [5.41, 5.74) is -0.258. The second-order valence-corrected chi connectivity index (χ2v) is 18.9. The number of hydrogen-bond donors (Lipinski definition) is 9.